The van der Waals surface area contributed by atoms with Crippen LogP contribution < -0.4 is 10.6 Å². The van der Waals surface area contributed by atoms with E-state index in [4.69, 9.17) is 5.73 Å². The van der Waals surface area contributed by atoms with E-state index in [2.05, 4.69) is 0 Å². The zero-order chi connectivity index (χ0) is 15.0. The van der Waals surface area contributed by atoms with Crippen molar-refractivity contribution >= 4 is 23.1 Å². The molecule has 4 nitrogen and oxygen atoms in total. The van der Waals surface area contributed by atoms with Gasteiger partial charge in [-0.05, 0) is 24.8 Å². The van der Waals surface area contributed by atoms with Crippen LogP contribution in [0.2, 0.25) is 0 Å². The van der Waals surface area contributed by atoms with Crippen molar-refractivity contribution in [2.45, 2.75) is 25.7 Å². The molecule has 1 fully saturated rings. The van der Waals surface area contributed by atoms with Crippen molar-refractivity contribution in [3.05, 3.63) is 35.7 Å². The normalized spacial score (nSPS) is 20.3. The maximum Gasteiger partial charge on any atom is 0.259 e. The van der Waals surface area contributed by atoms with Gasteiger partial charge in [-0.25, -0.2) is 4.39 Å². The smallest absolute Gasteiger partial charge is 0.259 e. The highest BCUT2D eigenvalue weighted by molar-refractivity contribution is 6.34. The van der Waals surface area contributed by atoms with Crippen LogP contribution in [0.25, 0.3) is 5.57 Å². The Hall–Kier alpha value is -2.17. The van der Waals surface area contributed by atoms with Crippen molar-refractivity contribution in [1.82, 2.24) is 0 Å². The highest BCUT2D eigenvalue weighted by Crippen LogP contribution is 2.40. The lowest BCUT2D eigenvalue weighted by Gasteiger charge is -2.21. The SMILES string of the molecule is NC(=O)/C=C1/C(=O)N(CC2CCCC2)c2c(F)cccc21. The summed E-state index contributed by atoms with van der Waals surface area (Å²) >= 11 is 0. The Morgan fingerprint density at radius 2 is 2.10 bits per heavy atom. The number of rotatable bonds is 3. The Bertz CT molecular complexity index is 633. The lowest BCUT2D eigenvalue weighted by atomic mass is 10.1. The first kappa shape index (κ1) is 13.8. The molecular formula is C16H17FN2O2. The summed E-state index contributed by atoms with van der Waals surface area (Å²) in [6.07, 6.45) is 5.52. The first-order chi connectivity index (χ1) is 10.1. The van der Waals surface area contributed by atoms with Crippen molar-refractivity contribution < 1.29 is 14.0 Å². The molecular weight excluding hydrogens is 271 g/mol. The summed E-state index contributed by atoms with van der Waals surface area (Å²) in [6.45, 7) is 0.503. The fourth-order valence-corrected chi connectivity index (χ4v) is 3.28. The number of hydrogen-bond donors (Lipinski definition) is 1. The Kier molecular flexibility index (Phi) is 3.49. The van der Waals surface area contributed by atoms with E-state index in [0.717, 1.165) is 31.8 Å². The van der Waals surface area contributed by atoms with E-state index in [1.165, 1.54) is 17.0 Å². The van der Waals surface area contributed by atoms with Crippen LogP contribution in [0.5, 0.6) is 0 Å². The Labute approximate surface area is 122 Å². The van der Waals surface area contributed by atoms with Crippen LogP contribution in [-0.4, -0.2) is 18.4 Å². The summed E-state index contributed by atoms with van der Waals surface area (Å²) < 4.78 is 14.2. The third kappa shape index (κ3) is 2.44. The van der Waals surface area contributed by atoms with Crippen LogP contribution in [0, 0.1) is 11.7 Å². The quantitative estimate of drug-likeness (QED) is 0.867. The van der Waals surface area contributed by atoms with Crippen LogP contribution in [0.3, 0.4) is 0 Å². The third-order valence-electron chi connectivity index (χ3n) is 4.22. The molecule has 1 aromatic rings. The number of anilines is 1. The number of amides is 2. The van der Waals surface area contributed by atoms with Crippen molar-refractivity contribution in [1.29, 1.82) is 0 Å². The lowest BCUT2D eigenvalue weighted by Crippen LogP contribution is -2.32. The number of benzene rings is 1. The summed E-state index contributed by atoms with van der Waals surface area (Å²) in [4.78, 5) is 25.1. The number of nitrogens with two attached hydrogens (primary N) is 1. The molecule has 5 heteroatoms. The molecule has 1 aromatic carbocycles. The summed E-state index contributed by atoms with van der Waals surface area (Å²) in [5.74, 6) is -1.07. The predicted molar refractivity (Wildman–Crippen MR) is 77.9 cm³/mol. The molecule has 1 aliphatic carbocycles. The predicted octanol–water partition coefficient (Wildman–Crippen LogP) is 2.23. The minimum Gasteiger partial charge on any atom is -0.366 e. The molecule has 0 aromatic heterocycles. The molecule has 0 bridgehead atoms. The van der Waals surface area contributed by atoms with Gasteiger partial charge in [0.2, 0.25) is 5.91 Å². The molecule has 0 unspecified atom stereocenters. The van der Waals surface area contributed by atoms with Gasteiger partial charge >= 0.3 is 0 Å². The molecule has 110 valence electrons. The third-order valence-corrected chi connectivity index (χ3v) is 4.22. The molecule has 0 saturated heterocycles. The maximum atomic E-state index is 14.2. The van der Waals surface area contributed by atoms with E-state index in [9.17, 15) is 14.0 Å². The molecule has 3 rings (SSSR count). The molecule has 1 heterocycles. The Morgan fingerprint density at radius 1 is 1.38 bits per heavy atom. The van der Waals surface area contributed by atoms with E-state index in [0.29, 0.717) is 18.0 Å². The van der Waals surface area contributed by atoms with Crippen molar-refractivity contribution in [2.24, 2.45) is 11.7 Å². The molecule has 1 aliphatic heterocycles. The van der Waals surface area contributed by atoms with Crippen molar-refractivity contribution in [2.75, 3.05) is 11.4 Å². The highest BCUT2D eigenvalue weighted by atomic mass is 19.1. The summed E-state index contributed by atoms with van der Waals surface area (Å²) in [5.41, 5.74) is 6.08. The number of fused-ring (bicyclic) bond motifs is 1. The van der Waals surface area contributed by atoms with E-state index >= 15 is 0 Å². The van der Waals surface area contributed by atoms with Gasteiger partial charge in [-0.15, -0.1) is 0 Å². The number of hydrogen-bond acceptors (Lipinski definition) is 2. The molecule has 2 aliphatic rings. The maximum absolute atomic E-state index is 14.2. The molecule has 0 atom stereocenters. The van der Waals surface area contributed by atoms with Crippen LogP contribution in [0.4, 0.5) is 10.1 Å². The topological polar surface area (TPSA) is 63.4 Å². The molecule has 1 saturated carbocycles. The fraction of sp³-hybridized carbons (Fsp3) is 0.375. The second-order valence-corrected chi connectivity index (χ2v) is 5.66. The average molecular weight is 288 g/mol. The molecule has 0 radical (unpaired) electrons. The van der Waals surface area contributed by atoms with E-state index in [-0.39, 0.29) is 17.2 Å². The largest absolute Gasteiger partial charge is 0.366 e. The van der Waals surface area contributed by atoms with Gasteiger partial charge in [0.05, 0.1) is 11.3 Å². The van der Waals surface area contributed by atoms with Crippen molar-refractivity contribution in [3.63, 3.8) is 0 Å². The molecule has 0 spiro atoms. The second-order valence-electron chi connectivity index (χ2n) is 5.66. The van der Waals surface area contributed by atoms with Gasteiger partial charge in [-0.1, -0.05) is 25.0 Å². The number of primary amides is 1. The minimum atomic E-state index is -0.698. The molecule has 2 amide bonds. The van der Waals surface area contributed by atoms with Gasteiger partial charge in [0.25, 0.3) is 5.91 Å². The van der Waals surface area contributed by atoms with Crippen LogP contribution in [0.1, 0.15) is 31.2 Å². The van der Waals surface area contributed by atoms with E-state index in [1.807, 2.05) is 0 Å². The highest BCUT2D eigenvalue weighted by Gasteiger charge is 2.36. The lowest BCUT2D eigenvalue weighted by molar-refractivity contribution is -0.115. The standard InChI is InChI=1S/C16H17FN2O2/c17-13-7-3-6-11-12(8-14(18)20)16(21)19(15(11)13)9-10-4-1-2-5-10/h3,6-8,10H,1-2,4-5,9H2,(H2,18,20)/b12-8+. The number of carbonyl (C=O) groups is 2. The molecule has 2 N–H and O–H groups in total. The van der Waals surface area contributed by atoms with E-state index in [1.54, 1.807) is 6.07 Å². The van der Waals surface area contributed by atoms with Gasteiger partial charge in [0.15, 0.2) is 0 Å². The first-order valence-corrected chi connectivity index (χ1v) is 7.20. The number of halogens is 1. The van der Waals surface area contributed by atoms with Gasteiger partial charge in [-0.2, -0.15) is 0 Å². The molecule has 21 heavy (non-hydrogen) atoms. The van der Waals surface area contributed by atoms with Gasteiger partial charge in [-0.3, -0.25) is 9.59 Å². The summed E-state index contributed by atoms with van der Waals surface area (Å²) in [7, 11) is 0. The minimum absolute atomic E-state index is 0.190. The zero-order valence-corrected chi connectivity index (χ0v) is 11.6. The second kappa shape index (κ2) is 5.31. The van der Waals surface area contributed by atoms with Crippen molar-refractivity contribution in [3.8, 4) is 0 Å². The number of nitrogens with zero attached hydrogens (tertiary/aromatic N) is 1. The Morgan fingerprint density at radius 3 is 2.76 bits per heavy atom. The summed E-state index contributed by atoms with van der Waals surface area (Å²) in [5, 5.41) is 0. The average Bonchev–Trinajstić information content (AvgIpc) is 3.02. The zero-order valence-electron chi connectivity index (χ0n) is 11.6. The van der Waals surface area contributed by atoms with Gasteiger partial charge < -0.3 is 10.6 Å². The first-order valence-electron chi connectivity index (χ1n) is 7.20. The van der Waals surface area contributed by atoms with Gasteiger partial charge in [0.1, 0.15) is 5.82 Å². The fourth-order valence-electron chi connectivity index (χ4n) is 3.28. The number of para-hydroxylation sites is 1. The van der Waals surface area contributed by atoms with Crippen LogP contribution in [0.15, 0.2) is 24.3 Å². The summed E-state index contributed by atoms with van der Waals surface area (Å²) in [6, 6.07) is 4.52. The van der Waals surface area contributed by atoms with Crippen LogP contribution in [-0.2, 0) is 9.59 Å². The monoisotopic (exact) mass is 288 g/mol. The van der Waals surface area contributed by atoms with Crippen LogP contribution >= 0.6 is 0 Å². The number of carbonyl (C=O) groups excluding carboxylic acids is 2. The van der Waals surface area contributed by atoms with Gasteiger partial charge in [0, 0.05) is 18.2 Å². The Balaban J connectivity index is 2.02. The van der Waals surface area contributed by atoms with E-state index < -0.39 is 11.7 Å².